The van der Waals surface area contributed by atoms with E-state index in [1.54, 1.807) is 0 Å². The molecule has 6 heteroatoms. The van der Waals surface area contributed by atoms with Gasteiger partial charge in [0.25, 0.3) is 0 Å². The Kier molecular flexibility index (Phi) is 5.25. The number of amides is 2. The highest BCUT2D eigenvalue weighted by atomic mass is 16.4. The topological polar surface area (TPSA) is 99.7 Å². The van der Waals surface area contributed by atoms with E-state index in [1.165, 1.54) is 0 Å². The van der Waals surface area contributed by atoms with Gasteiger partial charge in [-0.15, -0.1) is 0 Å². The molecular weight excluding hydrogens is 232 g/mol. The van der Waals surface area contributed by atoms with Crippen LogP contribution < -0.4 is 16.4 Å². The van der Waals surface area contributed by atoms with Crippen LogP contribution in [0.3, 0.4) is 0 Å². The zero-order valence-electron chi connectivity index (χ0n) is 11.2. The number of nitrogens with two attached hydrogens (primary N) is 1. The first kappa shape index (κ1) is 14.6. The Hall–Kier alpha value is -1.46. The molecule has 104 valence electrons. The van der Waals surface area contributed by atoms with E-state index in [0.29, 0.717) is 25.3 Å². The summed E-state index contributed by atoms with van der Waals surface area (Å²) in [7, 11) is 0. The Labute approximate surface area is 108 Å². The molecule has 1 fully saturated rings. The molecule has 5 N–H and O–H groups in total. The van der Waals surface area contributed by atoms with Crippen LogP contribution in [-0.2, 0) is 0 Å². The Bertz CT molecular complexity index is 309. The van der Waals surface area contributed by atoms with Crippen LogP contribution in [0.2, 0.25) is 0 Å². The molecule has 1 rings (SSSR count). The summed E-state index contributed by atoms with van der Waals surface area (Å²) in [5.41, 5.74) is 5.07. The maximum Gasteiger partial charge on any atom is 0.315 e. The molecule has 0 unspecified atom stereocenters. The summed E-state index contributed by atoms with van der Waals surface area (Å²) in [6, 6.07) is -0.252. The maximum atomic E-state index is 11.8. The SMILES string of the molecule is CCCNC(=O)NC1(/C(N)=N/O)CCC(C)CC1. The first-order valence-corrected chi connectivity index (χ1v) is 6.58. The number of nitrogens with one attached hydrogen (secondary N) is 2. The number of rotatable bonds is 4. The first-order chi connectivity index (χ1) is 8.54. The van der Waals surface area contributed by atoms with Gasteiger partial charge in [0.2, 0.25) is 0 Å². The zero-order valence-corrected chi connectivity index (χ0v) is 11.2. The second kappa shape index (κ2) is 6.47. The smallest absolute Gasteiger partial charge is 0.315 e. The van der Waals surface area contributed by atoms with E-state index in [2.05, 4.69) is 22.7 Å². The van der Waals surface area contributed by atoms with Crippen molar-refractivity contribution in [3.8, 4) is 0 Å². The van der Waals surface area contributed by atoms with E-state index in [1.807, 2.05) is 6.92 Å². The predicted octanol–water partition coefficient (Wildman–Crippen LogP) is 1.39. The maximum absolute atomic E-state index is 11.8. The molecule has 0 aromatic rings. The van der Waals surface area contributed by atoms with Crippen molar-refractivity contribution in [2.24, 2.45) is 16.8 Å². The molecule has 0 radical (unpaired) electrons. The number of oxime groups is 1. The van der Waals surface area contributed by atoms with Crippen LogP contribution in [0.5, 0.6) is 0 Å². The fourth-order valence-corrected chi connectivity index (χ4v) is 2.30. The Morgan fingerprint density at radius 3 is 2.61 bits per heavy atom. The molecule has 0 aromatic heterocycles. The fraction of sp³-hybridized carbons (Fsp3) is 0.833. The molecule has 1 saturated carbocycles. The highest BCUT2D eigenvalue weighted by molar-refractivity contribution is 5.93. The van der Waals surface area contributed by atoms with Crippen LogP contribution in [-0.4, -0.2) is 29.2 Å². The van der Waals surface area contributed by atoms with Gasteiger partial charge in [0, 0.05) is 6.54 Å². The Morgan fingerprint density at radius 1 is 1.50 bits per heavy atom. The lowest BCUT2D eigenvalue weighted by atomic mass is 9.76. The normalized spacial score (nSPS) is 28.8. The lowest BCUT2D eigenvalue weighted by molar-refractivity contribution is 0.212. The summed E-state index contributed by atoms with van der Waals surface area (Å²) < 4.78 is 0. The Morgan fingerprint density at radius 2 is 2.11 bits per heavy atom. The van der Waals surface area contributed by atoms with Crippen LogP contribution in [0.25, 0.3) is 0 Å². The van der Waals surface area contributed by atoms with Gasteiger partial charge in [-0.3, -0.25) is 0 Å². The molecule has 1 aliphatic carbocycles. The highest BCUT2D eigenvalue weighted by Crippen LogP contribution is 2.32. The van der Waals surface area contributed by atoms with Gasteiger partial charge in [-0.05, 0) is 38.0 Å². The molecule has 2 amide bonds. The van der Waals surface area contributed by atoms with E-state index in [9.17, 15) is 4.79 Å². The third kappa shape index (κ3) is 3.51. The third-order valence-electron chi connectivity index (χ3n) is 3.61. The molecule has 18 heavy (non-hydrogen) atoms. The van der Waals surface area contributed by atoms with Gasteiger partial charge >= 0.3 is 6.03 Å². The first-order valence-electron chi connectivity index (χ1n) is 6.58. The van der Waals surface area contributed by atoms with Crippen LogP contribution >= 0.6 is 0 Å². The molecule has 0 saturated heterocycles. The molecule has 0 atom stereocenters. The van der Waals surface area contributed by atoms with Crippen molar-refractivity contribution in [1.82, 2.24) is 10.6 Å². The monoisotopic (exact) mass is 256 g/mol. The van der Waals surface area contributed by atoms with Crippen molar-refractivity contribution < 1.29 is 10.0 Å². The van der Waals surface area contributed by atoms with Crippen LogP contribution in [0.4, 0.5) is 4.79 Å². The fourth-order valence-electron chi connectivity index (χ4n) is 2.30. The van der Waals surface area contributed by atoms with E-state index >= 15 is 0 Å². The lowest BCUT2D eigenvalue weighted by Gasteiger charge is -2.38. The van der Waals surface area contributed by atoms with E-state index < -0.39 is 5.54 Å². The van der Waals surface area contributed by atoms with Crippen molar-refractivity contribution in [2.75, 3.05) is 6.54 Å². The number of nitrogens with zero attached hydrogens (tertiary/aromatic N) is 1. The molecular formula is C12H24N4O2. The summed E-state index contributed by atoms with van der Waals surface area (Å²) in [6.45, 7) is 4.78. The van der Waals surface area contributed by atoms with E-state index in [4.69, 9.17) is 10.9 Å². The van der Waals surface area contributed by atoms with Gasteiger partial charge in [0.1, 0.15) is 5.54 Å². The summed E-state index contributed by atoms with van der Waals surface area (Å²) in [6.07, 6.45) is 4.22. The standard InChI is InChI=1S/C12H24N4O2/c1-3-8-14-11(17)15-12(10(13)16-18)6-4-9(2)5-7-12/h9,18H,3-8H2,1-2H3,(H2,13,16)(H2,14,15,17). The summed E-state index contributed by atoms with van der Waals surface area (Å²) in [5.74, 6) is 0.714. The quantitative estimate of drug-likeness (QED) is 0.265. The molecule has 0 bridgehead atoms. The minimum Gasteiger partial charge on any atom is -0.409 e. The van der Waals surface area contributed by atoms with Crippen LogP contribution in [0.15, 0.2) is 5.16 Å². The molecule has 6 nitrogen and oxygen atoms in total. The Balaban J connectivity index is 2.70. The molecule has 0 aromatic carbocycles. The molecule has 1 aliphatic rings. The summed E-state index contributed by atoms with van der Waals surface area (Å²) in [5, 5.41) is 17.6. The zero-order chi connectivity index (χ0) is 13.6. The van der Waals surface area contributed by atoms with Gasteiger partial charge in [0.05, 0.1) is 0 Å². The number of carbonyl (C=O) groups is 1. The predicted molar refractivity (Wildman–Crippen MR) is 70.6 cm³/mol. The minimum atomic E-state index is -0.695. The molecule has 0 aliphatic heterocycles. The lowest BCUT2D eigenvalue weighted by Crippen LogP contribution is -2.61. The van der Waals surface area contributed by atoms with Gasteiger partial charge in [0.15, 0.2) is 5.84 Å². The van der Waals surface area contributed by atoms with Gasteiger partial charge in [-0.2, -0.15) is 0 Å². The number of hydrogen-bond acceptors (Lipinski definition) is 3. The summed E-state index contributed by atoms with van der Waals surface area (Å²) >= 11 is 0. The van der Waals surface area contributed by atoms with Gasteiger partial charge in [-0.1, -0.05) is 19.0 Å². The van der Waals surface area contributed by atoms with Crippen LogP contribution in [0.1, 0.15) is 46.0 Å². The second-order valence-corrected chi connectivity index (χ2v) is 5.13. The number of hydrogen-bond donors (Lipinski definition) is 4. The minimum absolute atomic E-state index is 0.0982. The summed E-state index contributed by atoms with van der Waals surface area (Å²) in [4.78, 5) is 11.8. The van der Waals surface area contributed by atoms with E-state index in [0.717, 1.165) is 19.3 Å². The van der Waals surface area contributed by atoms with Crippen molar-refractivity contribution in [1.29, 1.82) is 0 Å². The van der Waals surface area contributed by atoms with Crippen LogP contribution in [0, 0.1) is 5.92 Å². The van der Waals surface area contributed by atoms with Gasteiger partial charge < -0.3 is 21.6 Å². The average molecular weight is 256 g/mol. The van der Waals surface area contributed by atoms with Crippen molar-refractivity contribution in [3.05, 3.63) is 0 Å². The number of urea groups is 1. The van der Waals surface area contributed by atoms with Crippen molar-refractivity contribution in [3.63, 3.8) is 0 Å². The average Bonchev–Trinajstić information content (AvgIpc) is 2.38. The highest BCUT2D eigenvalue weighted by Gasteiger charge is 2.39. The molecule has 0 spiro atoms. The van der Waals surface area contributed by atoms with E-state index in [-0.39, 0.29) is 11.9 Å². The largest absolute Gasteiger partial charge is 0.409 e. The second-order valence-electron chi connectivity index (χ2n) is 5.13. The molecule has 0 heterocycles. The third-order valence-corrected chi connectivity index (χ3v) is 3.61. The van der Waals surface area contributed by atoms with Crippen molar-refractivity contribution >= 4 is 11.9 Å². The van der Waals surface area contributed by atoms with Crippen molar-refractivity contribution in [2.45, 2.75) is 51.5 Å². The number of amidine groups is 1. The number of carbonyl (C=O) groups excluding carboxylic acids is 1. The van der Waals surface area contributed by atoms with Gasteiger partial charge in [-0.25, -0.2) is 4.79 Å².